The van der Waals surface area contributed by atoms with Crippen LogP contribution in [0.5, 0.6) is 0 Å². The predicted octanol–water partition coefficient (Wildman–Crippen LogP) is 2.28. The third-order valence-electron chi connectivity index (χ3n) is 4.82. The molecule has 0 bridgehead atoms. The van der Waals surface area contributed by atoms with Crippen LogP contribution < -0.4 is 9.80 Å². The number of nitrogens with zero attached hydrogens (tertiary/aromatic N) is 3. The summed E-state index contributed by atoms with van der Waals surface area (Å²) in [5.41, 5.74) is 1.07. The number of amides is 2. The van der Waals surface area contributed by atoms with Crippen molar-refractivity contribution < 1.29 is 28.2 Å². The van der Waals surface area contributed by atoms with Gasteiger partial charge in [-0.2, -0.15) is 0 Å². The standard InChI is InChI=1S/C19H17F2N3O4/c20-15-5-6-23(18(15)26)17-4-1-11(8-22-17)14-3-2-12(7-16(14)21)24-9-13(10-25)28-19(24)27/h1-4,7-8,13,15,25H,5-6,9-10H2/t13-,15?/m1/s1. The van der Waals surface area contributed by atoms with E-state index in [-0.39, 0.29) is 31.7 Å². The molecule has 2 atom stereocenters. The molecular weight excluding hydrogens is 372 g/mol. The number of carbonyl (C=O) groups is 2. The van der Waals surface area contributed by atoms with Crippen molar-refractivity contribution in [1.29, 1.82) is 0 Å². The summed E-state index contributed by atoms with van der Waals surface area (Å²) in [5.74, 6) is -0.858. The number of alkyl halides is 1. The molecule has 7 nitrogen and oxygen atoms in total. The average Bonchev–Trinajstić information content (AvgIpc) is 3.24. The number of hydrogen-bond acceptors (Lipinski definition) is 5. The van der Waals surface area contributed by atoms with Gasteiger partial charge in [-0.05, 0) is 30.3 Å². The zero-order chi connectivity index (χ0) is 19.8. The first-order valence-electron chi connectivity index (χ1n) is 8.78. The summed E-state index contributed by atoms with van der Waals surface area (Å²) in [7, 11) is 0. The highest BCUT2D eigenvalue weighted by molar-refractivity contribution is 5.98. The van der Waals surface area contributed by atoms with Crippen LogP contribution in [0.1, 0.15) is 6.42 Å². The molecule has 4 rings (SSSR count). The molecule has 2 aliphatic rings. The molecule has 2 aromatic rings. The van der Waals surface area contributed by atoms with E-state index in [2.05, 4.69) is 4.98 Å². The molecule has 1 aromatic heterocycles. The number of aliphatic hydroxyl groups excluding tert-OH is 1. The van der Waals surface area contributed by atoms with Gasteiger partial charge in [0.25, 0.3) is 5.91 Å². The Morgan fingerprint density at radius 2 is 2.04 bits per heavy atom. The van der Waals surface area contributed by atoms with Gasteiger partial charge in [-0.15, -0.1) is 0 Å². The molecule has 1 N–H and O–H groups in total. The number of aliphatic hydroxyl groups is 1. The van der Waals surface area contributed by atoms with Gasteiger partial charge in [0.1, 0.15) is 17.7 Å². The molecule has 2 amide bonds. The van der Waals surface area contributed by atoms with Crippen molar-refractivity contribution in [2.45, 2.75) is 18.7 Å². The summed E-state index contributed by atoms with van der Waals surface area (Å²) in [6, 6.07) is 7.44. The van der Waals surface area contributed by atoms with Gasteiger partial charge in [0.05, 0.1) is 18.8 Å². The molecule has 9 heteroatoms. The first-order valence-corrected chi connectivity index (χ1v) is 8.78. The van der Waals surface area contributed by atoms with Crippen LogP contribution in [-0.4, -0.2) is 54.1 Å². The van der Waals surface area contributed by atoms with E-state index < -0.39 is 30.1 Å². The van der Waals surface area contributed by atoms with Crippen molar-refractivity contribution >= 4 is 23.5 Å². The molecule has 0 saturated carbocycles. The van der Waals surface area contributed by atoms with Crippen molar-refractivity contribution in [2.75, 3.05) is 29.5 Å². The number of pyridine rings is 1. The minimum absolute atomic E-state index is 0.133. The summed E-state index contributed by atoms with van der Waals surface area (Å²) < 4.78 is 33.0. The number of hydrogen-bond donors (Lipinski definition) is 1. The maximum Gasteiger partial charge on any atom is 0.414 e. The van der Waals surface area contributed by atoms with Crippen LogP contribution in [0.15, 0.2) is 36.5 Å². The van der Waals surface area contributed by atoms with Gasteiger partial charge in [-0.1, -0.05) is 0 Å². The quantitative estimate of drug-likeness (QED) is 0.868. The van der Waals surface area contributed by atoms with Crippen LogP contribution in [0, 0.1) is 5.82 Å². The Labute approximate surface area is 159 Å². The number of anilines is 2. The van der Waals surface area contributed by atoms with Crippen molar-refractivity contribution in [3.8, 4) is 11.1 Å². The lowest BCUT2D eigenvalue weighted by atomic mass is 10.1. The molecule has 0 aliphatic carbocycles. The highest BCUT2D eigenvalue weighted by Crippen LogP contribution is 2.30. The summed E-state index contributed by atoms with van der Waals surface area (Å²) in [6.07, 6.45) is -1.23. The minimum atomic E-state index is -1.51. The van der Waals surface area contributed by atoms with Gasteiger partial charge in [-0.3, -0.25) is 14.6 Å². The summed E-state index contributed by atoms with van der Waals surface area (Å²) in [4.78, 5) is 30.2. The Hall–Kier alpha value is -3.07. The zero-order valence-corrected chi connectivity index (χ0v) is 14.7. The van der Waals surface area contributed by atoms with E-state index in [1.165, 1.54) is 28.1 Å². The molecule has 0 spiro atoms. The number of benzene rings is 1. The highest BCUT2D eigenvalue weighted by Gasteiger charge is 2.33. The zero-order valence-electron chi connectivity index (χ0n) is 14.7. The number of halogens is 2. The molecule has 2 aliphatic heterocycles. The van der Waals surface area contributed by atoms with Crippen molar-refractivity contribution in [3.05, 3.63) is 42.3 Å². The van der Waals surface area contributed by atoms with Gasteiger partial charge in [0.15, 0.2) is 6.17 Å². The van der Waals surface area contributed by atoms with E-state index in [0.29, 0.717) is 17.1 Å². The van der Waals surface area contributed by atoms with E-state index in [1.807, 2.05) is 0 Å². The Bertz CT molecular complexity index is 922. The predicted molar refractivity (Wildman–Crippen MR) is 96.2 cm³/mol. The molecule has 2 fully saturated rings. The molecule has 1 unspecified atom stereocenters. The maximum atomic E-state index is 14.6. The van der Waals surface area contributed by atoms with Crippen LogP contribution in [0.25, 0.3) is 11.1 Å². The second-order valence-corrected chi connectivity index (χ2v) is 6.61. The van der Waals surface area contributed by atoms with E-state index in [4.69, 9.17) is 9.84 Å². The first kappa shape index (κ1) is 18.3. The van der Waals surface area contributed by atoms with Gasteiger partial charge < -0.3 is 9.84 Å². The Kier molecular flexibility index (Phi) is 4.68. The van der Waals surface area contributed by atoms with Gasteiger partial charge >= 0.3 is 6.09 Å². The molecule has 2 saturated heterocycles. The van der Waals surface area contributed by atoms with E-state index in [0.717, 1.165) is 0 Å². The van der Waals surface area contributed by atoms with Crippen LogP contribution in [-0.2, 0) is 9.53 Å². The fourth-order valence-corrected chi connectivity index (χ4v) is 3.31. The van der Waals surface area contributed by atoms with Gasteiger partial charge in [0, 0.05) is 30.3 Å². The van der Waals surface area contributed by atoms with Crippen LogP contribution in [0.2, 0.25) is 0 Å². The normalized spacial score (nSPS) is 22.1. The number of cyclic esters (lactones) is 1. The third-order valence-corrected chi connectivity index (χ3v) is 4.82. The van der Waals surface area contributed by atoms with Crippen LogP contribution >= 0.6 is 0 Å². The SMILES string of the molecule is O=C1O[C@@H](CO)CN1c1ccc(-c2ccc(N3CCC(F)C3=O)nc2)c(F)c1. The summed E-state index contributed by atoms with van der Waals surface area (Å²) in [5, 5.41) is 9.10. The monoisotopic (exact) mass is 389 g/mol. The lowest BCUT2D eigenvalue weighted by molar-refractivity contribution is -0.121. The third kappa shape index (κ3) is 3.18. The smallest absolute Gasteiger partial charge is 0.414 e. The van der Waals surface area contributed by atoms with E-state index in [9.17, 15) is 18.4 Å². The molecular formula is C19H17F2N3O4. The molecule has 3 heterocycles. The van der Waals surface area contributed by atoms with Gasteiger partial charge in [0.2, 0.25) is 0 Å². The first-order chi connectivity index (χ1) is 13.5. The fourth-order valence-electron chi connectivity index (χ4n) is 3.31. The van der Waals surface area contributed by atoms with Crippen molar-refractivity contribution in [1.82, 2.24) is 4.98 Å². The van der Waals surface area contributed by atoms with Crippen molar-refractivity contribution in [3.63, 3.8) is 0 Å². The van der Waals surface area contributed by atoms with Crippen molar-refractivity contribution in [2.24, 2.45) is 0 Å². The van der Waals surface area contributed by atoms with E-state index in [1.54, 1.807) is 18.2 Å². The summed E-state index contributed by atoms with van der Waals surface area (Å²) >= 11 is 0. The molecule has 0 radical (unpaired) electrons. The number of ether oxygens (including phenoxy) is 1. The van der Waals surface area contributed by atoms with E-state index >= 15 is 0 Å². The Morgan fingerprint density at radius 1 is 1.21 bits per heavy atom. The maximum absolute atomic E-state index is 14.6. The molecule has 28 heavy (non-hydrogen) atoms. The molecule has 1 aromatic carbocycles. The Balaban J connectivity index is 1.55. The second kappa shape index (κ2) is 7.16. The second-order valence-electron chi connectivity index (χ2n) is 6.61. The lowest BCUT2D eigenvalue weighted by Gasteiger charge is -2.16. The Morgan fingerprint density at radius 3 is 2.61 bits per heavy atom. The summed E-state index contributed by atoms with van der Waals surface area (Å²) in [6.45, 7) is 0.101. The van der Waals surface area contributed by atoms with Crippen LogP contribution in [0.4, 0.5) is 25.1 Å². The minimum Gasteiger partial charge on any atom is -0.441 e. The number of rotatable bonds is 4. The average molecular weight is 389 g/mol. The largest absolute Gasteiger partial charge is 0.441 e. The molecule has 146 valence electrons. The topological polar surface area (TPSA) is 83.0 Å². The lowest BCUT2D eigenvalue weighted by Crippen LogP contribution is -2.28. The number of carbonyl (C=O) groups excluding carboxylic acids is 2. The van der Waals surface area contributed by atoms with Gasteiger partial charge in [-0.25, -0.2) is 18.6 Å². The van der Waals surface area contributed by atoms with Crippen LogP contribution in [0.3, 0.4) is 0 Å². The number of aromatic nitrogens is 1. The highest BCUT2D eigenvalue weighted by atomic mass is 19.1. The fraction of sp³-hybridized carbons (Fsp3) is 0.316.